The molecule has 11 heteroatoms. The molecule has 0 aliphatic carbocycles. The van der Waals surface area contributed by atoms with Crippen LogP contribution >= 0.6 is 23.8 Å². The fourth-order valence-corrected chi connectivity index (χ4v) is 3.76. The number of amides is 1. The first kappa shape index (κ1) is 24.7. The molecule has 0 atom stereocenters. The molecule has 1 aliphatic heterocycles. The van der Waals surface area contributed by atoms with Gasteiger partial charge in [0.1, 0.15) is 5.69 Å². The Labute approximate surface area is 201 Å². The number of anilines is 2. The van der Waals surface area contributed by atoms with E-state index in [0.29, 0.717) is 32.0 Å². The molecule has 0 aromatic heterocycles. The summed E-state index contributed by atoms with van der Waals surface area (Å²) in [5, 5.41) is 27.2. The molecule has 1 fully saturated rings. The van der Waals surface area contributed by atoms with Gasteiger partial charge in [0, 0.05) is 24.7 Å². The van der Waals surface area contributed by atoms with E-state index in [1.165, 1.54) is 12.1 Å². The largest absolute Gasteiger partial charge is 0.504 e. The van der Waals surface area contributed by atoms with Crippen LogP contribution < -0.4 is 15.5 Å². The van der Waals surface area contributed by atoms with E-state index in [1.807, 2.05) is 25.7 Å². The smallest absolute Gasteiger partial charge is 0.293 e. The van der Waals surface area contributed by atoms with Crippen LogP contribution in [0.2, 0.25) is 5.02 Å². The number of nitrogens with one attached hydrogen (secondary N) is 2. The fourth-order valence-electron chi connectivity index (χ4n) is 3.34. The Hall–Kier alpha value is -2.95. The van der Waals surface area contributed by atoms with Gasteiger partial charge >= 0.3 is 0 Å². The summed E-state index contributed by atoms with van der Waals surface area (Å²) >= 11 is 11.4. The van der Waals surface area contributed by atoms with E-state index in [4.69, 9.17) is 28.6 Å². The van der Waals surface area contributed by atoms with Crippen molar-refractivity contribution >= 4 is 51.9 Å². The van der Waals surface area contributed by atoms with E-state index >= 15 is 0 Å². The lowest BCUT2D eigenvalue weighted by molar-refractivity contribution is -0.384. The molecule has 0 radical (unpaired) electrons. The van der Waals surface area contributed by atoms with Crippen molar-refractivity contribution in [3.63, 3.8) is 0 Å². The minimum Gasteiger partial charge on any atom is -0.504 e. The van der Waals surface area contributed by atoms with E-state index in [0.717, 1.165) is 5.56 Å². The number of morpholine rings is 1. The highest BCUT2D eigenvalue weighted by molar-refractivity contribution is 7.80. The highest BCUT2D eigenvalue weighted by Gasteiger charge is 2.24. The summed E-state index contributed by atoms with van der Waals surface area (Å²) in [5.41, 5.74) is 1.20. The summed E-state index contributed by atoms with van der Waals surface area (Å²) in [6, 6.07) is 7.63. The first-order valence-electron chi connectivity index (χ1n) is 10.2. The van der Waals surface area contributed by atoms with Crippen molar-refractivity contribution in [1.29, 1.82) is 0 Å². The number of nitro groups is 1. The molecule has 176 valence electrons. The minimum absolute atomic E-state index is 0.0774. The molecular weight excluding hydrogens is 468 g/mol. The Morgan fingerprint density at radius 3 is 2.52 bits per heavy atom. The van der Waals surface area contributed by atoms with Crippen molar-refractivity contribution in [3.05, 3.63) is 56.6 Å². The van der Waals surface area contributed by atoms with Crippen molar-refractivity contribution in [2.45, 2.75) is 26.2 Å². The third-order valence-corrected chi connectivity index (χ3v) is 5.68. The molecule has 33 heavy (non-hydrogen) atoms. The Balaban J connectivity index is 1.77. The molecule has 3 N–H and O–H groups in total. The molecule has 1 amide bonds. The van der Waals surface area contributed by atoms with Gasteiger partial charge in [0.25, 0.3) is 11.6 Å². The van der Waals surface area contributed by atoms with E-state index < -0.39 is 10.8 Å². The SMILES string of the molecule is CC(C)(C)c1cc(Cl)c(O)c(NC(=S)NC(=O)c2ccc(N3CCOCC3)c([N+](=O)[O-])c2)c1. The van der Waals surface area contributed by atoms with Gasteiger partial charge in [0.2, 0.25) is 0 Å². The second-order valence-corrected chi connectivity index (χ2v) is 9.39. The molecule has 1 saturated heterocycles. The van der Waals surface area contributed by atoms with Crippen molar-refractivity contribution < 1.29 is 19.6 Å². The average molecular weight is 493 g/mol. The number of hydrogen-bond donors (Lipinski definition) is 3. The van der Waals surface area contributed by atoms with E-state index in [-0.39, 0.29) is 38.2 Å². The van der Waals surface area contributed by atoms with Crippen LogP contribution in [0.1, 0.15) is 36.7 Å². The van der Waals surface area contributed by atoms with Crippen LogP contribution in [0.5, 0.6) is 5.75 Å². The number of nitrogens with zero attached hydrogens (tertiary/aromatic N) is 2. The van der Waals surface area contributed by atoms with E-state index in [1.54, 1.807) is 18.2 Å². The Morgan fingerprint density at radius 2 is 1.91 bits per heavy atom. The topological polar surface area (TPSA) is 117 Å². The Bertz CT molecular complexity index is 1100. The number of hydrogen-bond acceptors (Lipinski definition) is 7. The molecule has 1 heterocycles. The van der Waals surface area contributed by atoms with Crippen molar-refractivity contribution in [2.75, 3.05) is 36.5 Å². The molecular formula is C22H25ClN4O5S. The molecule has 2 aromatic rings. The predicted molar refractivity (Wildman–Crippen MR) is 132 cm³/mol. The number of phenolic OH excluding ortho intramolecular Hbond substituents is 1. The number of ether oxygens (including phenoxy) is 1. The zero-order valence-corrected chi connectivity index (χ0v) is 20.0. The van der Waals surface area contributed by atoms with Crippen LogP contribution in [0.25, 0.3) is 0 Å². The fraction of sp³-hybridized carbons (Fsp3) is 0.364. The molecule has 0 spiro atoms. The van der Waals surface area contributed by atoms with Crippen LogP contribution in [-0.4, -0.2) is 47.4 Å². The molecule has 0 saturated carbocycles. The zero-order valence-electron chi connectivity index (χ0n) is 18.5. The normalized spacial score (nSPS) is 14.0. The number of thiocarbonyl (C=S) groups is 1. The Kier molecular flexibility index (Phi) is 7.41. The summed E-state index contributed by atoms with van der Waals surface area (Å²) in [7, 11) is 0. The number of carbonyl (C=O) groups is 1. The van der Waals surface area contributed by atoms with Crippen molar-refractivity contribution in [2.24, 2.45) is 0 Å². The predicted octanol–water partition coefficient (Wildman–Crippen LogP) is 4.21. The third-order valence-electron chi connectivity index (χ3n) is 5.19. The summed E-state index contributed by atoms with van der Waals surface area (Å²) in [4.78, 5) is 25.7. The molecule has 0 bridgehead atoms. The van der Waals surface area contributed by atoms with Gasteiger partial charge in [0.05, 0.1) is 28.8 Å². The molecule has 9 nitrogen and oxygen atoms in total. The second kappa shape index (κ2) is 9.90. The van der Waals surface area contributed by atoms with Gasteiger partial charge in [-0.1, -0.05) is 32.4 Å². The van der Waals surface area contributed by atoms with Crippen LogP contribution in [0, 0.1) is 10.1 Å². The van der Waals surface area contributed by atoms with E-state index in [2.05, 4.69) is 10.6 Å². The van der Waals surface area contributed by atoms with Gasteiger partial charge in [-0.15, -0.1) is 0 Å². The van der Waals surface area contributed by atoms with Crippen LogP contribution in [0.4, 0.5) is 17.1 Å². The number of rotatable bonds is 4. The number of aromatic hydroxyl groups is 1. The van der Waals surface area contributed by atoms with Crippen LogP contribution in [0.3, 0.4) is 0 Å². The van der Waals surface area contributed by atoms with Crippen LogP contribution in [0.15, 0.2) is 30.3 Å². The van der Waals surface area contributed by atoms with Crippen molar-refractivity contribution in [3.8, 4) is 5.75 Å². The molecule has 2 aromatic carbocycles. The summed E-state index contributed by atoms with van der Waals surface area (Å²) in [5.74, 6) is -0.826. The number of nitro benzene ring substituents is 1. The van der Waals surface area contributed by atoms with Crippen LogP contribution in [-0.2, 0) is 10.2 Å². The quantitative estimate of drug-likeness (QED) is 0.251. The van der Waals surface area contributed by atoms with Crippen molar-refractivity contribution in [1.82, 2.24) is 5.32 Å². The summed E-state index contributed by atoms with van der Waals surface area (Å²) < 4.78 is 5.29. The highest BCUT2D eigenvalue weighted by Crippen LogP contribution is 2.37. The summed E-state index contributed by atoms with van der Waals surface area (Å²) in [6.45, 7) is 7.99. The number of benzene rings is 2. The lowest BCUT2D eigenvalue weighted by Gasteiger charge is -2.28. The number of halogens is 1. The van der Waals surface area contributed by atoms with Gasteiger partial charge in [0.15, 0.2) is 10.9 Å². The summed E-state index contributed by atoms with van der Waals surface area (Å²) in [6.07, 6.45) is 0. The van der Waals surface area contributed by atoms with Gasteiger partial charge in [-0.2, -0.15) is 0 Å². The highest BCUT2D eigenvalue weighted by atomic mass is 35.5. The Morgan fingerprint density at radius 1 is 1.24 bits per heavy atom. The molecule has 1 aliphatic rings. The number of carbonyl (C=O) groups excluding carboxylic acids is 1. The lowest BCUT2D eigenvalue weighted by atomic mass is 9.87. The molecule has 3 rings (SSSR count). The van der Waals surface area contributed by atoms with Gasteiger partial charge < -0.3 is 20.1 Å². The zero-order chi connectivity index (χ0) is 24.3. The monoisotopic (exact) mass is 492 g/mol. The number of phenols is 1. The standard InChI is InChI=1S/C22H25ClN4O5S/c1-22(2,3)14-11-15(23)19(28)16(12-14)24-21(33)25-20(29)13-4-5-17(18(10-13)27(30)31)26-6-8-32-9-7-26/h4-5,10-12,28H,6-9H2,1-3H3,(H2,24,25,29,33). The maximum atomic E-state index is 12.7. The third kappa shape index (κ3) is 5.89. The maximum Gasteiger partial charge on any atom is 0.293 e. The van der Waals surface area contributed by atoms with Gasteiger partial charge in [-0.05, 0) is 47.5 Å². The minimum atomic E-state index is -0.623. The van der Waals surface area contributed by atoms with Gasteiger partial charge in [-0.3, -0.25) is 20.2 Å². The first-order valence-corrected chi connectivity index (χ1v) is 11.0. The molecule has 0 unspecified atom stereocenters. The maximum absolute atomic E-state index is 12.7. The van der Waals surface area contributed by atoms with E-state index in [9.17, 15) is 20.0 Å². The lowest BCUT2D eigenvalue weighted by Crippen LogP contribution is -2.37. The second-order valence-electron chi connectivity index (χ2n) is 8.57. The average Bonchev–Trinajstić information content (AvgIpc) is 2.76. The first-order chi connectivity index (χ1) is 15.5. The van der Waals surface area contributed by atoms with Gasteiger partial charge in [-0.25, -0.2) is 0 Å².